The van der Waals surface area contributed by atoms with Gasteiger partial charge in [-0.1, -0.05) is 26.0 Å². The van der Waals surface area contributed by atoms with Crippen LogP contribution in [0.2, 0.25) is 0 Å². The number of ether oxygens (including phenoxy) is 1. The smallest absolute Gasteiger partial charge is 0.313 e. The second kappa shape index (κ2) is 2.37. The molecule has 0 aromatic heterocycles. The number of hydrogen-bond acceptors (Lipinski definition) is 2. The summed E-state index contributed by atoms with van der Waals surface area (Å²) in [6.07, 6.45) is 5.27. The third-order valence-electron chi connectivity index (χ3n) is 4.10. The van der Waals surface area contributed by atoms with E-state index in [1.807, 2.05) is 6.92 Å². The summed E-state index contributed by atoms with van der Waals surface area (Å²) in [6, 6.07) is 0. The second-order valence-corrected chi connectivity index (χ2v) is 4.76. The van der Waals surface area contributed by atoms with Crippen LogP contribution in [-0.4, -0.2) is 12.6 Å². The van der Waals surface area contributed by atoms with Crippen LogP contribution in [0.1, 0.15) is 27.2 Å². The van der Waals surface area contributed by atoms with Gasteiger partial charge in [-0.15, -0.1) is 0 Å². The Kier molecular flexibility index (Phi) is 1.60. The lowest BCUT2D eigenvalue weighted by Crippen LogP contribution is -2.44. The van der Waals surface area contributed by atoms with Crippen LogP contribution < -0.4 is 0 Å². The molecule has 72 valence electrons. The average molecular weight is 180 g/mol. The SMILES string of the molecule is C[C@@H]1C=CC[C@]2(C)COC(=O)[C@]12C. The third kappa shape index (κ3) is 0.862. The van der Waals surface area contributed by atoms with E-state index in [4.69, 9.17) is 4.74 Å². The fourth-order valence-electron chi connectivity index (χ4n) is 2.50. The summed E-state index contributed by atoms with van der Waals surface area (Å²) in [6.45, 7) is 6.87. The molecule has 1 saturated heterocycles. The van der Waals surface area contributed by atoms with Crippen molar-refractivity contribution in [1.82, 2.24) is 0 Å². The summed E-state index contributed by atoms with van der Waals surface area (Å²) in [4.78, 5) is 11.7. The molecular weight excluding hydrogens is 164 g/mol. The van der Waals surface area contributed by atoms with Gasteiger partial charge in [-0.3, -0.25) is 4.79 Å². The number of esters is 1. The molecule has 0 amide bonds. The number of carbonyl (C=O) groups excluding carboxylic acids is 1. The Balaban J connectivity index is 2.49. The molecule has 0 saturated carbocycles. The monoisotopic (exact) mass is 180 g/mol. The minimum absolute atomic E-state index is 0.0122. The Hall–Kier alpha value is -0.790. The van der Waals surface area contributed by atoms with E-state index in [1.54, 1.807) is 0 Å². The molecule has 1 heterocycles. The molecule has 1 aliphatic heterocycles. The molecular formula is C11H16O2. The Morgan fingerprint density at radius 1 is 1.54 bits per heavy atom. The van der Waals surface area contributed by atoms with Crippen molar-refractivity contribution in [3.8, 4) is 0 Å². The van der Waals surface area contributed by atoms with Gasteiger partial charge in [-0.2, -0.15) is 0 Å². The first kappa shape index (κ1) is 8.79. The van der Waals surface area contributed by atoms with Gasteiger partial charge in [0.1, 0.15) is 0 Å². The van der Waals surface area contributed by atoms with Crippen molar-refractivity contribution in [2.45, 2.75) is 27.2 Å². The maximum absolute atomic E-state index is 11.7. The molecule has 0 N–H and O–H groups in total. The van der Waals surface area contributed by atoms with Gasteiger partial charge in [0.15, 0.2) is 0 Å². The van der Waals surface area contributed by atoms with Gasteiger partial charge in [-0.25, -0.2) is 0 Å². The molecule has 0 aromatic rings. The van der Waals surface area contributed by atoms with Crippen molar-refractivity contribution in [2.24, 2.45) is 16.7 Å². The Morgan fingerprint density at radius 2 is 2.23 bits per heavy atom. The lowest BCUT2D eigenvalue weighted by Gasteiger charge is -2.42. The van der Waals surface area contributed by atoms with Crippen molar-refractivity contribution in [3.05, 3.63) is 12.2 Å². The molecule has 1 fully saturated rings. The molecule has 2 aliphatic rings. The quantitative estimate of drug-likeness (QED) is 0.422. The van der Waals surface area contributed by atoms with Crippen molar-refractivity contribution >= 4 is 5.97 Å². The summed E-state index contributed by atoms with van der Waals surface area (Å²) in [5, 5.41) is 0. The van der Waals surface area contributed by atoms with Crippen LogP contribution in [0.5, 0.6) is 0 Å². The van der Waals surface area contributed by atoms with Gasteiger partial charge in [0.2, 0.25) is 0 Å². The van der Waals surface area contributed by atoms with Crippen LogP contribution in [0.15, 0.2) is 12.2 Å². The summed E-state index contributed by atoms with van der Waals surface area (Å²) in [7, 11) is 0. The Morgan fingerprint density at radius 3 is 2.85 bits per heavy atom. The van der Waals surface area contributed by atoms with Gasteiger partial charge in [0.05, 0.1) is 12.0 Å². The number of rotatable bonds is 0. The first-order chi connectivity index (χ1) is 6.01. The lowest BCUT2D eigenvalue weighted by molar-refractivity contribution is -0.148. The van der Waals surface area contributed by atoms with Gasteiger partial charge >= 0.3 is 5.97 Å². The fourth-order valence-corrected chi connectivity index (χ4v) is 2.50. The highest BCUT2D eigenvalue weighted by Gasteiger charge is 2.59. The van der Waals surface area contributed by atoms with E-state index in [2.05, 4.69) is 26.0 Å². The maximum atomic E-state index is 11.7. The first-order valence-electron chi connectivity index (χ1n) is 4.84. The van der Waals surface area contributed by atoms with Crippen molar-refractivity contribution in [3.63, 3.8) is 0 Å². The number of hydrogen-bond donors (Lipinski definition) is 0. The highest BCUT2D eigenvalue weighted by molar-refractivity contribution is 5.80. The molecule has 2 rings (SSSR count). The van der Waals surface area contributed by atoms with E-state index in [9.17, 15) is 4.79 Å². The molecule has 0 aromatic carbocycles. The van der Waals surface area contributed by atoms with Crippen LogP contribution in [0.3, 0.4) is 0 Å². The van der Waals surface area contributed by atoms with Gasteiger partial charge < -0.3 is 4.74 Å². The predicted molar refractivity (Wildman–Crippen MR) is 50.1 cm³/mol. The second-order valence-electron chi connectivity index (χ2n) is 4.76. The summed E-state index contributed by atoms with van der Waals surface area (Å²) in [5.41, 5.74) is -0.292. The Bertz CT molecular complexity index is 282. The van der Waals surface area contributed by atoms with Crippen LogP contribution in [-0.2, 0) is 9.53 Å². The topological polar surface area (TPSA) is 26.3 Å². The molecule has 0 unspecified atom stereocenters. The van der Waals surface area contributed by atoms with Gasteiger partial charge in [0, 0.05) is 5.41 Å². The zero-order valence-corrected chi connectivity index (χ0v) is 8.46. The van der Waals surface area contributed by atoms with E-state index >= 15 is 0 Å². The fraction of sp³-hybridized carbons (Fsp3) is 0.727. The van der Waals surface area contributed by atoms with E-state index in [1.165, 1.54) is 0 Å². The van der Waals surface area contributed by atoms with Crippen LogP contribution in [0.25, 0.3) is 0 Å². The van der Waals surface area contributed by atoms with Crippen molar-refractivity contribution < 1.29 is 9.53 Å². The molecule has 3 atom stereocenters. The van der Waals surface area contributed by atoms with Crippen molar-refractivity contribution in [2.75, 3.05) is 6.61 Å². The van der Waals surface area contributed by atoms with E-state index in [0.29, 0.717) is 12.5 Å². The first-order valence-corrected chi connectivity index (χ1v) is 4.84. The number of fused-ring (bicyclic) bond motifs is 1. The number of cyclic esters (lactones) is 1. The normalized spacial score (nSPS) is 48.8. The minimum atomic E-state index is -0.304. The molecule has 0 spiro atoms. The summed E-state index contributed by atoms with van der Waals surface area (Å²) < 4.78 is 5.20. The molecule has 1 aliphatic carbocycles. The largest absolute Gasteiger partial charge is 0.465 e. The predicted octanol–water partition coefficient (Wildman–Crippen LogP) is 2.15. The van der Waals surface area contributed by atoms with E-state index in [-0.39, 0.29) is 16.8 Å². The molecule has 0 bridgehead atoms. The zero-order valence-electron chi connectivity index (χ0n) is 8.46. The molecule has 2 heteroatoms. The van der Waals surface area contributed by atoms with Gasteiger partial charge in [-0.05, 0) is 19.3 Å². The van der Waals surface area contributed by atoms with Crippen LogP contribution in [0, 0.1) is 16.7 Å². The molecule has 2 nitrogen and oxygen atoms in total. The lowest BCUT2D eigenvalue weighted by atomic mass is 9.57. The highest BCUT2D eigenvalue weighted by Crippen LogP contribution is 2.55. The van der Waals surface area contributed by atoms with E-state index in [0.717, 1.165) is 6.42 Å². The minimum Gasteiger partial charge on any atom is -0.465 e. The Labute approximate surface area is 79.0 Å². The van der Waals surface area contributed by atoms with Crippen molar-refractivity contribution in [1.29, 1.82) is 0 Å². The summed E-state index contributed by atoms with van der Waals surface area (Å²) in [5.74, 6) is 0.271. The van der Waals surface area contributed by atoms with Gasteiger partial charge in [0.25, 0.3) is 0 Å². The zero-order chi connectivity index (χ0) is 9.69. The standard InChI is InChI=1S/C11H16O2/c1-8-5-4-6-10(2)7-13-9(12)11(8,10)3/h4-5,8H,6-7H2,1-3H3/t8-,10-,11+/m1/s1. The highest BCUT2D eigenvalue weighted by atomic mass is 16.5. The number of allylic oxidation sites excluding steroid dienone is 2. The number of carbonyl (C=O) groups is 1. The molecule has 13 heavy (non-hydrogen) atoms. The average Bonchev–Trinajstić information content (AvgIpc) is 2.31. The third-order valence-corrected chi connectivity index (χ3v) is 4.10. The van der Waals surface area contributed by atoms with E-state index < -0.39 is 0 Å². The molecule has 0 radical (unpaired) electrons. The van der Waals surface area contributed by atoms with Crippen LogP contribution in [0.4, 0.5) is 0 Å². The summed E-state index contributed by atoms with van der Waals surface area (Å²) >= 11 is 0. The maximum Gasteiger partial charge on any atom is 0.313 e. The van der Waals surface area contributed by atoms with Crippen LogP contribution >= 0.6 is 0 Å².